The molecule has 0 amide bonds. The van der Waals surface area contributed by atoms with Gasteiger partial charge in [0, 0.05) is 12.7 Å². The lowest BCUT2D eigenvalue weighted by molar-refractivity contribution is -0.137. The maximum Gasteiger partial charge on any atom is 0.345 e. The summed E-state index contributed by atoms with van der Waals surface area (Å²) in [7, 11) is 2.82. The number of nitrogens with one attached hydrogen (secondary N) is 2. The normalized spacial score (nSPS) is 22.8. The second-order valence-corrected chi connectivity index (χ2v) is 7.91. The molecule has 1 aromatic rings. The average molecular weight is 417 g/mol. The Bertz CT molecular complexity index is 927. The fourth-order valence-electron chi connectivity index (χ4n) is 3.59. The van der Waals surface area contributed by atoms with Gasteiger partial charge in [-0.25, -0.2) is 14.2 Å². The first-order valence-electron chi connectivity index (χ1n) is 9.37. The number of amidine groups is 2. The van der Waals surface area contributed by atoms with Crippen LogP contribution in [0.1, 0.15) is 30.5 Å². The van der Waals surface area contributed by atoms with Gasteiger partial charge in [-0.15, -0.1) is 9.24 Å². The first-order valence-corrected chi connectivity index (χ1v) is 10.0. The minimum atomic E-state index is -0.705. The van der Waals surface area contributed by atoms with Crippen LogP contribution in [0.3, 0.4) is 0 Å². The number of hydrogen-bond acceptors (Lipinski definition) is 6. The standard InChI is InChI=1S/C20H25FN5O2P/c1-3-28-20(27)17(18(22)23)19-24-7-6-16(25-19)26-10-13(29)9-15(26)14-8-12(21)5-4-11(14)2/h4-8,13,15,24H,3,9-10,29H2,1-2H3,(H3,22,23)/b19-17-. The zero-order valence-electron chi connectivity index (χ0n) is 16.4. The highest BCUT2D eigenvalue weighted by Gasteiger charge is 2.34. The molecule has 3 atom stereocenters. The molecule has 0 aliphatic carbocycles. The van der Waals surface area contributed by atoms with E-state index in [0.717, 1.165) is 17.5 Å². The van der Waals surface area contributed by atoms with E-state index in [4.69, 9.17) is 15.9 Å². The number of rotatable bonds is 4. The van der Waals surface area contributed by atoms with E-state index in [1.807, 2.05) is 6.92 Å². The van der Waals surface area contributed by atoms with Crippen LogP contribution in [0.4, 0.5) is 4.39 Å². The quantitative estimate of drug-likeness (QED) is 0.229. The van der Waals surface area contributed by atoms with Crippen molar-refractivity contribution in [3.05, 3.63) is 58.8 Å². The monoisotopic (exact) mass is 417 g/mol. The molecule has 0 radical (unpaired) electrons. The predicted octanol–water partition coefficient (Wildman–Crippen LogP) is 2.35. The summed E-state index contributed by atoms with van der Waals surface area (Å²) < 4.78 is 18.9. The van der Waals surface area contributed by atoms with Gasteiger partial charge in [0.1, 0.15) is 23.1 Å². The van der Waals surface area contributed by atoms with E-state index in [-0.39, 0.29) is 29.9 Å². The van der Waals surface area contributed by atoms with E-state index in [9.17, 15) is 9.18 Å². The second-order valence-electron chi connectivity index (χ2n) is 6.97. The molecule has 0 saturated carbocycles. The summed E-state index contributed by atoms with van der Waals surface area (Å²) in [5.74, 6) is -0.630. The Labute approximate surface area is 171 Å². The molecule has 0 bridgehead atoms. The van der Waals surface area contributed by atoms with Crippen LogP contribution < -0.4 is 11.1 Å². The number of nitrogens with two attached hydrogens (primary N) is 1. The first kappa shape index (κ1) is 21.0. The molecule has 1 saturated heterocycles. The minimum Gasteiger partial charge on any atom is -0.462 e. The minimum absolute atomic E-state index is 0.0562. The van der Waals surface area contributed by atoms with Gasteiger partial charge in [-0.2, -0.15) is 0 Å². The lowest BCUT2D eigenvalue weighted by atomic mass is 9.99. The number of carbonyl (C=O) groups excluding carboxylic acids is 1. The third-order valence-electron chi connectivity index (χ3n) is 4.89. The van der Waals surface area contributed by atoms with E-state index >= 15 is 0 Å². The van der Waals surface area contributed by atoms with Crippen molar-refractivity contribution < 1.29 is 13.9 Å². The van der Waals surface area contributed by atoms with Crippen molar-refractivity contribution in [3.63, 3.8) is 0 Å². The number of nitrogens with zero attached hydrogens (tertiary/aromatic N) is 2. The molecule has 154 valence electrons. The van der Waals surface area contributed by atoms with Crippen molar-refractivity contribution in [1.82, 2.24) is 10.2 Å². The summed E-state index contributed by atoms with van der Waals surface area (Å²) in [4.78, 5) is 18.9. The predicted molar refractivity (Wildman–Crippen MR) is 114 cm³/mol. The van der Waals surface area contributed by atoms with Crippen molar-refractivity contribution in [2.24, 2.45) is 10.7 Å². The number of aryl methyl sites for hydroxylation is 1. The summed E-state index contributed by atoms with van der Waals surface area (Å²) in [6.45, 7) is 4.51. The van der Waals surface area contributed by atoms with Gasteiger partial charge in [0.25, 0.3) is 0 Å². The van der Waals surface area contributed by atoms with E-state index < -0.39 is 11.8 Å². The van der Waals surface area contributed by atoms with Crippen LogP contribution in [0.2, 0.25) is 0 Å². The SMILES string of the molecule is CCOC(=O)/C(C(=N)N)=C1\N=C(N2CC(P)CC2c2cc(F)ccc2C)C=CN1. The fourth-order valence-corrected chi connectivity index (χ4v) is 4.08. The summed E-state index contributed by atoms with van der Waals surface area (Å²) in [6.07, 6.45) is 4.26. The molecule has 3 unspecified atom stereocenters. The molecule has 9 heteroatoms. The number of halogens is 1. The Balaban J connectivity index is 2.02. The number of ether oxygens (including phenoxy) is 1. The largest absolute Gasteiger partial charge is 0.462 e. The van der Waals surface area contributed by atoms with Crippen LogP contribution >= 0.6 is 9.24 Å². The van der Waals surface area contributed by atoms with Crippen LogP contribution in [0.5, 0.6) is 0 Å². The Hall–Kier alpha value is -2.73. The molecule has 2 aliphatic heterocycles. The van der Waals surface area contributed by atoms with Gasteiger partial charge < -0.3 is 20.7 Å². The Morgan fingerprint density at radius 2 is 2.28 bits per heavy atom. The second kappa shape index (κ2) is 8.74. The van der Waals surface area contributed by atoms with Gasteiger partial charge in [0.15, 0.2) is 5.82 Å². The third-order valence-corrected chi connectivity index (χ3v) is 5.38. The maximum atomic E-state index is 13.9. The van der Waals surface area contributed by atoms with Gasteiger partial charge in [0.05, 0.1) is 12.6 Å². The van der Waals surface area contributed by atoms with E-state index in [1.54, 1.807) is 31.3 Å². The number of esters is 1. The zero-order chi connectivity index (χ0) is 21.1. The molecular formula is C20H25FN5O2P. The molecule has 1 aromatic carbocycles. The van der Waals surface area contributed by atoms with Crippen molar-refractivity contribution in [3.8, 4) is 0 Å². The number of carbonyl (C=O) groups is 1. The van der Waals surface area contributed by atoms with Crippen LogP contribution in [-0.2, 0) is 9.53 Å². The topological polar surface area (TPSA) is 104 Å². The van der Waals surface area contributed by atoms with Crippen molar-refractivity contribution in [2.75, 3.05) is 13.2 Å². The number of hydrogen-bond donors (Lipinski definition) is 3. The van der Waals surface area contributed by atoms with E-state index in [1.165, 1.54) is 6.07 Å². The smallest absolute Gasteiger partial charge is 0.345 e. The first-order chi connectivity index (χ1) is 13.8. The summed E-state index contributed by atoms with van der Waals surface area (Å²) in [6, 6.07) is 4.74. The molecule has 29 heavy (non-hydrogen) atoms. The number of benzene rings is 1. The van der Waals surface area contributed by atoms with Gasteiger partial charge >= 0.3 is 5.97 Å². The van der Waals surface area contributed by atoms with Gasteiger partial charge in [-0.1, -0.05) is 6.07 Å². The Morgan fingerprint density at radius 1 is 1.52 bits per heavy atom. The third kappa shape index (κ3) is 4.48. The molecular weight excluding hydrogens is 392 g/mol. The molecule has 1 fully saturated rings. The molecule has 4 N–H and O–H groups in total. The highest BCUT2D eigenvalue weighted by Crippen LogP contribution is 2.38. The van der Waals surface area contributed by atoms with Gasteiger partial charge in [0.2, 0.25) is 0 Å². The zero-order valence-corrected chi connectivity index (χ0v) is 17.6. The summed E-state index contributed by atoms with van der Waals surface area (Å²) in [5, 5.41) is 10.6. The Morgan fingerprint density at radius 3 is 2.97 bits per heavy atom. The molecule has 2 aliphatic rings. The lowest BCUT2D eigenvalue weighted by Crippen LogP contribution is -2.34. The highest BCUT2D eigenvalue weighted by molar-refractivity contribution is 7.17. The average Bonchev–Trinajstić information content (AvgIpc) is 3.05. The molecule has 0 spiro atoms. The molecule has 7 nitrogen and oxygen atoms in total. The van der Waals surface area contributed by atoms with Crippen molar-refractivity contribution in [1.29, 1.82) is 5.41 Å². The highest BCUT2D eigenvalue weighted by atomic mass is 31.0. The number of aliphatic imine (C=N–C) groups is 1. The van der Waals surface area contributed by atoms with Crippen LogP contribution in [0.25, 0.3) is 0 Å². The van der Waals surface area contributed by atoms with Crippen LogP contribution in [-0.4, -0.2) is 41.4 Å². The summed E-state index contributed by atoms with van der Waals surface area (Å²) in [5.41, 5.74) is 7.71. The summed E-state index contributed by atoms with van der Waals surface area (Å²) >= 11 is 0. The van der Waals surface area contributed by atoms with Gasteiger partial charge in [-0.3, -0.25) is 5.41 Å². The maximum absolute atomic E-state index is 13.9. The van der Waals surface area contributed by atoms with Crippen LogP contribution in [0.15, 0.2) is 46.9 Å². The van der Waals surface area contributed by atoms with Gasteiger partial charge in [-0.05, 0) is 55.3 Å². The van der Waals surface area contributed by atoms with Crippen molar-refractivity contribution in [2.45, 2.75) is 32.0 Å². The van der Waals surface area contributed by atoms with Crippen LogP contribution in [0, 0.1) is 18.2 Å². The Kier molecular flexibility index (Phi) is 6.33. The molecule has 0 aromatic heterocycles. The molecule has 3 rings (SSSR count). The number of likely N-dealkylation sites (tertiary alicyclic amines) is 1. The lowest BCUT2D eigenvalue weighted by Gasteiger charge is -2.29. The van der Waals surface area contributed by atoms with Crippen molar-refractivity contribution >= 4 is 26.9 Å². The van der Waals surface area contributed by atoms with E-state index in [0.29, 0.717) is 18.0 Å². The van der Waals surface area contributed by atoms with E-state index in [2.05, 4.69) is 24.4 Å². The fraction of sp³-hybridized carbons (Fsp3) is 0.350. The molecule has 2 heterocycles.